The van der Waals surface area contributed by atoms with Gasteiger partial charge in [0.05, 0.1) is 11.1 Å². The van der Waals surface area contributed by atoms with Gasteiger partial charge in [0.2, 0.25) is 5.91 Å². The van der Waals surface area contributed by atoms with Gasteiger partial charge in [-0.05, 0) is 5.56 Å². The molecule has 0 saturated carbocycles. The first kappa shape index (κ1) is 17.4. The van der Waals surface area contributed by atoms with Crippen molar-refractivity contribution in [3.63, 3.8) is 0 Å². The zero-order valence-electron chi connectivity index (χ0n) is 13.7. The number of hydrogen-bond acceptors (Lipinski definition) is 5. The van der Waals surface area contributed by atoms with Gasteiger partial charge >= 0.3 is 0 Å². The molecule has 0 spiro atoms. The summed E-state index contributed by atoms with van der Waals surface area (Å²) >= 11 is 2.69. The van der Waals surface area contributed by atoms with Gasteiger partial charge in [0, 0.05) is 24.5 Å². The highest BCUT2D eigenvalue weighted by molar-refractivity contribution is 7.99. The molecule has 0 saturated heterocycles. The van der Waals surface area contributed by atoms with E-state index in [0.29, 0.717) is 21.9 Å². The summed E-state index contributed by atoms with van der Waals surface area (Å²) in [6, 6.07) is 9.80. The van der Waals surface area contributed by atoms with Gasteiger partial charge in [0.25, 0.3) is 5.56 Å². The van der Waals surface area contributed by atoms with Gasteiger partial charge in [0.15, 0.2) is 5.16 Å². The fourth-order valence-electron chi connectivity index (χ4n) is 2.44. The first-order chi connectivity index (χ1) is 12.2. The summed E-state index contributed by atoms with van der Waals surface area (Å²) in [6.07, 6.45) is 1.66. The van der Waals surface area contributed by atoms with Crippen LogP contribution in [-0.2, 0) is 11.3 Å². The Morgan fingerprint density at radius 1 is 1.40 bits per heavy atom. The topological polar surface area (TPSA) is 64.0 Å². The van der Waals surface area contributed by atoms with E-state index in [1.54, 1.807) is 17.7 Å². The predicted octanol–water partition coefficient (Wildman–Crippen LogP) is 3.15. The number of nitrogens with one attached hydrogen (secondary N) is 1. The molecule has 3 rings (SSSR count). The van der Waals surface area contributed by atoms with Crippen molar-refractivity contribution in [2.24, 2.45) is 0 Å². The summed E-state index contributed by atoms with van der Waals surface area (Å²) < 4.78 is 1.57. The van der Waals surface area contributed by atoms with Gasteiger partial charge in [-0.1, -0.05) is 48.2 Å². The zero-order valence-corrected chi connectivity index (χ0v) is 15.3. The highest BCUT2D eigenvalue weighted by Gasteiger charge is 2.17. The minimum absolute atomic E-state index is 0.107. The lowest BCUT2D eigenvalue weighted by molar-refractivity contribution is -0.118. The number of hydrogen-bond donors (Lipinski definition) is 1. The summed E-state index contributed by atoms with van der Waals surface area (Å²) in [4.78, 5) is 29.9. The molecule has 1 aromatic carbocycles. The van der Waals surface area contributed by atoms with Crippen LogP contribution in [0, 0.1) is 0 Å². The first-order valence-corrected chi connectivity index (χ1v) is 9.54. The number of allylic oxidation sites excluding steroid dienone is 1. The molecule has 1 amide bonds. The normalized spacial score (nSPS) is 10.8. The van der Waals surface area contributed by atoms with Crippen molar-refractivity contribution >= 4 is 39.2 Å². The summed E-state index contributed by atoms with van der Waals surface area (Å²) in [5, 5.41) is 5.67. The van der Waals surface area contributed by atoms with E-state index < -0.39 is 0 Å². The SMILES string of the molecule is C=CCn1c(SCC(=O)NC)nc2scc(-c3ccccc3)c2c1=O. The first-order valence-electron chi connectivity index (χ1n) is 7.67. The molecule has 0 aliphatic rings. The number of thiophene rings is 1. The van der Waals surface area contributed by atoms with E-state index in [9.17, 15) is 9.59 Å². The van der Waals surface area contributed by atoms with Crippen LogP contribution in [-0.4, -0.2) is 28.3 Å². The molecule has 0 bridgehead atoms. The number of fused-ring (bicyclic) bond motifs is 1. The van der Waals surface area contributed by atoms with Crippen LogP contribution in [0.5, 0.6) is 0 Å². The fourth-order valence-corrected chi connectivity index (χ4v) is 4.31. The Morgan fingerprint density at radius 2 is 2.16 bits per heavy atom. The van der Waals surface area contributed by atoms with E-state index >= 15 is 0 Å². The molecule has 2 heterocycles. The number of benzene rings is 1. The van der Waals surface area contributed by atoms with Gasteiger partial charge in [-0.2, -0.15) is 0 Å². The third-order valence-corrected chi connectivity index (χ3v) is 5.52. The molecule has 128 valence electrons. The number of aromatic nitrogens is 2. The van der Waals surface area contributed by atoms with Crippen molar-refractivity contribution in [3.05, 3.63) is 58.7 Å². The summed E-state index contributed by atoms with van der Waals surface area (Å²) in [5.41, 5.74) is 1.77. The van der Waals surface area contributed by atoms with Crippen molar-refractivity contribution in [3.8, 4) is 11.1 Å². The van der Waals surface area contributed by atoms with Crippen molar-refractivity contribution in [2.45, 2.75) is 11.7 Å². The molecule has 5 nitrogen and oxygen atoms in total. The second kappa shape index (κ2) is 7.67. The van der Waals surface area contributed by atoms with Crippen LogP contribution in [0.25, 0.3) is 21.3 Å². The van der Waals surface area contributed by atoms with Crippen LogP contribution in [0.15, 0.2) is 58.3 Å². The summed E-state index contributed by atoms with van der Waals surface area (Å²) in [5.74, 6) is 0.100. The van der Waals surface area contributed by atoms with Crippen molar-refractivity contribution < 1.29 is 4.79 Å². The van der Waals surface area contributed by atoms with E-state index in [1.807, 2.05) is 35.7 Å². The third kappa shape index (κ3) is 3.52. The van der Waals surface area contributed by atoms with E-state index in [1.165, 1.54) is 23.1 Å². The van der Waals surface area contributed by atoms with E-state index in [-0.39, 0.29) is 17.2 Å². The van der Waals surface area contributed by atoms with Crippen LogP contribution in [0.1, 0.15) is 0 Å². The van der Waals surface area contributed by atoms with Gasteiger partial charge < -0.3 is 5.32 Å². The Labute approximate surface area is 153 Å². The lowest BCUT2D eigenvalue weighted by Crippen LogP contribution is -2.24. The zero-order chi connectivity index (χ0) is 17.8. The molecule has 2 aromatic heterocycles. The number of nitrogens with zero attached hydrogens (tertiary/aromatic N) is 2. The molecule has 0 unspecified atom stereocenters. The second-order valence-electron chi connectivity index (χ2n) is 5.26. The largest absolute Gasteiger partial charge is 0.358 e. The van der Waals surface area contributed by atoms with E-state index in [2.05, 4.69) is 16.9 Å². The average molecular weight is 371 g/mol. The molecule has 0 fully saturated rings. The molecule has 7 heteroatoms. The number of rotatable bonds is 6. The quantitative estimate of drug-likeness (QED) is 0.411. The lowest BCUT2D eigenvalue weighted by atomic mass is 10.1. The molecule has 0 atom stereocenters. The summed E-state index contributed by atoms with van der Waals surface area (Å²) in [6.45, 7) is 4.07. The fraction of sp³-hybridized carbons (Fsp3) is 0.167. The molecule has 1 N–H and O–H groups in total. The average Bonchev–Trinajstić information content (AvgIpc) is 3.07. The smallest absolute Gasteiger partial charge is 0.263 e. The van der Waals surface area contributed by atoms with Crippen LogP contribution in [0.2, 0.25) is 0 Å². The van der Waals surface area contributed by atoms with Gasteiger partial charge in [0.1, 0.15) is 4.83 Å². The molecular weight excluding hydrogens is 354 g/mol. The van der Waals surface area contributed by atoms with Crippen LogP contribution in [0.3, 0.4) is 0 Å². The highest BCUT2D eigenvalue weighted by Crippen LogP contribution is 2.32. The maximum Gasteiger partial charge on any atom is 0.263 e. The second-order valence-corrected chi connectivity index (χ2v) is 7.06. The van der Waals surface area contributed by atoms with Gasteiger partial charge in [-0.3, -0.25) is 14.2 Å². The van der Waals surface area contributed by atoms with Gasteiger partial charge in [-0.25, -0.2) is 4.98 Å². The maximum absolute atomic E-state index is 13.1. The molecule has 0 aliphatic heterocycles. The predicted molar refractivity (Wildman–Crippen MR) is 104 cm³/mol. The van der Waals surface area contributed by atoms with Crippen molar-refractivity contribution in [1.29, 1.82) is 0 Å². The van der Waals surface area contributed by atoms with Crippen LogP contribution < -0.4 is 10.9 Å². The maximum atomic E-state index is 13.1. The Bertz CT molecular complexity index is 977. The number of carbonyl (C=O) groups excluding carboxylic acids is 1. The number of thioether (sulfide) groups is 1. The van der Waals surface area contributed by atoms with E-state index in [4.69, 9.17) is 0 Å². The Balaban J connectivity index is 2.14. The van der Waals surface area contributed by atoms with Crippen molar-refractivity contribution in [2.75, 3.05) is 12.8 Å². The van der Waals surface area contributed by atoms with E-state index in [0.717, 1.165) is 11.1 Å². The number of carbonyl (C=O) groups is 1. The molecular formula is C18H17N3O2S2. The Kier molecular flexibility index (Phi) is 5.35. The van der Waals surface area contributed by atoms with Crippen molar-refractivity contribution in [1.82, 2.24) is 14.9 Å². The monoisotopic (exact) mass is 371 g/mol. The van der Waals surface area contributed by atoms with Crippen LogP contribution in [0.4, 0.5) is 0 Å². The molecule has 3 aromatic rings. The third-order valence-electron chi connectivity index (χ3n) is 3.67. The molecule has 25 heavy (non-hydrogen) atoms. The highest BCUT2D eigenvalue weighted by atomic mass is 32.2. The molecule has 0 aliphatic carbocycles. The van der Waals surface area contributed by atoms with Crippen LogP contribution >= 0.6 is 23.1 Å². The Hall–Kier alpha value is -2.38. The van der Waals surface area contributed by atoms with Gasteiger partial charge in [-0.15, -0.1) is 17.9 Å². The Morgan fingerprint density at radius 3 is 2.84 bits per heavy atom. The lowest BCUT2D eigenvalue weighted by Gasteiger charge is -2.10. The minimum Gasteiger partial charge on any atom is -0.358 e. The summed E-state index contributed by atoms with van der Waals surface area (Å²) in [7, 11) is 1.59. The minimum atomic E-state index is -0.111. The standard InChI is InChI=1S/C18H17N3O2S2/c1-3-9-21-17(23)15-13(12-7-5-4-6-8-12)10-24-16(15)20-18(21)25-11-14(22)19-2/h3-8,10H,1,9,11H2,2H3,(H,19,22). The molecule has 0 radical (unpaired) electrons. The number of amides is 1.